The molecule has 0 aliphatic heterocycles. The van der Waals surface area contributed by atoms with E-state index < -0.39 is 5.91 Å². The number of aromatic nitrogens is 2. The number of para-hydroxylation sites is 1. The maximum atomic E-state index is 11.2. The Bertz CT molecular complexity index is 589. The molecule has 0 fully saturated rings. The molecule has 1 aromatic heterocycles. The van der Waals surface area contributed by atoms with Crippen molar-refractivity contribution in [3.63, 3.8) is 0 Å². The highest BCUT2D eigenvalue weighted by atomic mass is 35.5. The van der Waals surface area contributed by atoms with Crippen molar-refractivity contribution in [3.05, 3.63) is 46.5 Å². The van der Waals surface area contributed by atoms with Gasteiger partial charge in [0.05, 0.1) is 16.4 Å². The van der Waals surface area contributed by atoms with E-state index in [2.05, 4.69) is 4.98 Å². The zero-order valence-electron chi connectivity index (χ0n) is 9.57. The highest BCUT2D eigenvalue weighted by Gasteiger charge is 2.17. The van der Waals surface area contributed by atoms with Gasteiger partial charge in [-0.1, -0.05) is 23.7 Å². The molecule has 0 saturated carbocycles. The third kappa shape index (κ3) is 1.91. The molecule has 0 atom stereocenters. The predicted octanol–water partition coefficient (Wildman–Crippen LogP) is 2.24. The first-order valence-corrected chi connectivity index (χ1v) is 5.51. The molecule has 17 heavy (non-hydrogen) atoms. The van der Waals surface area contributed by atoms with Crippen LogP contribution in [0.2, 0.25) is 5.02 Å². The Morgan fingerprint density at radius 1 is 1.35 bits per heavy atom. The fraction of sp³-hybridized carbons (Fsp3) is 0.167. The second-order valence-corrected chi connectivity index (χ2v) is 4.15. The van der Waals surface area contributed by atoms with Gasteiger partial charge in [0.15, 0.2) is 0 Å². The minimum atomic E-state index is -0.531. The molecular formula is C12H12ClN3O. The second kappa shape index (κ2) is 4.22. The van der Waals surface area contributed by atoms with E-state index in [1.807, 2.05) is 29.7 Å². The summed E-state index contributed by atoms with van der Waals surface area (Å²) in [5.41, 5.74) is 7.04. The highest BCUT2D eigenvalue weighted by molar-refractivity contribution is 6.32. The Hall–Kier alpha value is -1.81. The molecule has 0 saturated heterocycles. The second-order valence-electron chi connectivity index (χ2n) is 3.74. The van der Waals surface area contributed by atoms with Crippen LogP contribution in [-0.4, -0.2) is 15.5 Å². The monoisotopic (exact) mass is 249 g/mol. The Morgan fingerprint density at radius 2 is 2.00 bits per heavy atom. The molecule has 0 aliphatic rings. The Morgan fingerprint density at radius 3 is 2.53 bits per heavy atom. The Balaban J connectivity index is 2.69. The van der Waals surface area contributed by atoms with E-state index in [0.717, 1.165) is 5.69 Å². The highest BCUT2D eigenvalue weighted by Crippen LogP contribution is 2.24. The number of primary amides is 1. The van der Waals surface area contributed by atoms with E-state index in [9.17, 15) is 4.79 Å². The zero-order chi connectivity index (χ0) is 12.6. The first kappa shape index (κ1) is 11.7. The first-order chi connectivity index (χ1) is 8.02. The number of hydrogen-bond acceptors (Lipinski definition) is 2. The van der Waals surface area contributed by atoms with Crippen LogP contribution < -0.4 is 5.73 Å². The lowest BCUT2D eigenvalue weighted by Gasteiger charge is -2.09. The number of nitrogens with zero attached hydrogens (tertiary/aromatic N) is 2. The van der Waals surface area contributed by atoms with Gasteiger partial charge in [0, 0.05) is 0 Å². The summed E-state index contributed by atoms with van der Waals surface area (Å²) in [6.45, 7) is 3.60. The zero-order valence-corrected chi connectivity index (χ0v) is 10.3. The van der Waals surface area contributed by atoms with Gasteiger partial charge in [-0.3, -0.25) is 9.36 Å². The fourth-order valence-corrected chi connectivity index (χ4v) is 2.08. The molecule has 1 amide bonds. The number of carbonyl (C=O) groups is 1. The number of amides is 1. The van der Waals surface area contributed by atoms with Crippen LogP contribution in [0.1, 0.15) is 22.0 Å². The van der Waals surface area contributed by atoms with E-state index in [4.69, 9.17) is 17.3 Å². The average molecular weight is 250 g/mol. The summed E-state index contributed by atoms with van der Waals surface area (Å²) in [7, 11) is 0. The first-order valence-electron chi connectivity index (χ1n) is 5.13. The van der Waals surface area contributed by atoms with Crippen molar-refractivity contribution in [3.8, 4) is 5.69 Å². The van der Waals surface area contributed by atoms with Crippen LogP contribution in [0.25, 0.3) is 5.69 Å². The van der Waals surface area contributed by atoms with Gasteiger partial charge < -0.3 is 5.73 Å². The SMILES string of the molecule is Cc1nc(C(N)=O)c(C)n1-c1ccccc1Cl. The number of imidazole rings is 1. The minimum absolute atomic E-state index is 0.280. The summed E-state index contributed by atoms with van der Waals surface area (Å²) in [6.07, 6.45) is 0. The lowest BCUT2D eigenvalue weighted by atomic mass is 10.3. The van der Waals surface area contributed by atoms with E-state index in [0.29, 0.717) is 16.5 Å². The summed E-state index contributed by atoms with van der Waals surface area (Å²) < 4.78 is 1.82. The van der Waals surface area contributed by atoms with E-state index in [1.54, 1.807) is 13.0 Å². The van der Waals surface area contributed by atoms with Gasteiger partial charge in [-0.05, 0) is 26.0 Å². The minimum Gasteiger partial charge on any atom is -0.364 e. The van der Waals surface area contributed by atoms with Gasteiger partial charge >= 0.3 is 0 Å². The smallest absolute Gasteiger partial charge is 0.269 e. The molecule has 0 spiro atoms. The third-order valence-electron chi connectivity index (χ3n) is 2.60. The molecule has 88 valence electrons. The molecular weight excluding hydrogens is 238 g/mol. The molecule has 2 rings (SSSR count). The molecule has 4 nitrogen and oxygen atoms in total. The van der Waals surface area contributed by atoms with Crippen LogP contribution in [0, 0.1) is 13.8 Å². The lowest BCUT2D eigenvalue weighted by molar-refractivity contribution is 0.0995. The quantitative estimate of drug-likeness (QED) is 0.887. The number of aryl methyl sites for hydroxylation is 1. The molecule has 0 bridgehead atoms. The maximum absolute atomic E-state index is 11.2. The van der Waals surface area contributed by atoms with Crippen molar-refractivity contribution in [2.24, 2.45) is 5.73 Å². The number of nitrogens with two attached hydrogens (primary N) is 1. The molecule has 5 heteroatoms. The molecule has 1 aromatic carbocycles. The van der Waals surface area contributed by atoms with Crippen LogP contribution >= 0.6 is 11.6 Å². The van der Waals surface area contributed by atoms with Crippen LogP contribution in [0.5, 0.6) is 0 Å². The molecule has 2 N–H and O–H groups in total. The van der Waals surface area contributed by atoms with Crippen molar-refractivity contribution in [2.75, 3.05) is 0 Å². The van der Waals surface area contributed by atoms with Gasteiger partial charge in [-0.25, -0.2) is 4.98 Å². The summed E-state index contributed by atoms with van der Waals surface area (Å²) in [5, 5.41) is 0.604. The number of hydrogen-bond donors (Lipinski definition) is 1. The Labute approximate surface area is 104 Å². The number of benzene rings is 1. The van der Waals surface area contributed by atoms with Crippen LogP contribution in [0.15, 0.2) is 24.3 Å². The van der Waals surface area contributed by atoms with E-state index >= 15 is 0 Å². The van der Waals surface area contributed by atoms with Crippen molar-refractivity contribution in [1.29, 1.82) is 0 Å². The molecule has 0 aliphatic carbocycles. The largest absolute Gasteiger partial charge is 0.364 e. The van der Waals surface area contributed by atoms with Gasteiger partial charge in [-0.2, -0.15) is 0 Å². The third-order valence-corrected chi connectivity index (χ3v) is 2.92. The molecule has 0 radical (unpaired) electrons. The number of carbonyl (C=O) groups excluding carboxylic acids is 1. The summed E-state index contributed by atoms with van der Waals surface area (Å²) in [6, 6.07) is 7.39. The maximum Gasteiger partial charge on any atom is 0.269 e. The molecule has 0 unspecified atom stereocenters. The van der Waals surface area contributed by atoms with Gasteiger partial charge in [0.2, 0.25) is 0 Å². The van der Waals surface area contributed by atoms with Crippen LogP contribution in [-0.2, 0) is 0 Å². The average Bonchev–Trinajstić information content (AvgIpc) is 2.56. The lowest BCUT2D eigenvalue weighted by Crippen LogP contribution is -2.13. The standard InChI is InChI=1S/C12H12ClN3O/c1-7-11(12(14)17)15-8(2)16(7)10-6-4-3-5-9(10)13/h3-6H,1-2H3,(H2,14,17). The van der Waals surface area contributed by atoms with Crippen LogP contribution in [0.3, 0.4) is 0 Å². The topological polar surface area (TPSA) is 60.9 Å². The van der Waals surface area contributed by atoms with Gasteiger partial charge in [0.1, 0.15) is 11.5 Å². The number of halogens is 1. The van der Waals surface area contributed by atoms with Gasteiger partial charge in [0.25, 0.3) is 5.91 Å². The van der Waals surface area contributed by atoms with E-state index in [1.165, 1.54) is 0 Å². The van der Waals surface area contributed by atoms with E-state index in [-0.39, 0.29) is 5.69 Å². The summed E-state index contributed by atoms with van der Waals surface area (Å²) in [5.74, 6) is 0.154. The van der Waals surface area contributed by atoms with Crippen molar-refractivity contribution >= 4 is 17.5 Å². The van der Waals surface area contributed by atoms with Crippen molar-refractivity contribution in [1.82, 2.24) is 9.55 Å². The summed E-state index contributed by atoms with van der Waals surface area (Å²) >= 11 is 6.13. The fourth-order valence-electron chi connectivity index (χ4n) is 1.86. The van der Waals surface area contributed by atoms with Gasteiger partial charge in [-0.15, -0.1) is 0 Å². The normalized spacial score (nSPS) is 10.5. The Kier molecular flexibility index (Phi) is 2.90. The number of rotatable bonds is 2. The molecule has 1 heterocycles. The summed E-state index contributed by atoms with van der Waals surface area (Å²) in [4.78, 5) is 15.4. The van der Waals surface area contributed by atoms with Crippen molar-refractivity contribution < 1.29 is 4.79 Å². The van der Waals surface area contributed by atoms with Crippen molar-refractivity contribution in [2.45, 2.75) is 13.8 Å². The predicted molar refractivity (Wildman–Crippen MR) is 66.6 cm³/mol. The van der Waals surface area contributed by atoms with Crippen LogP contribution in [0.4, 0.5) is 0 Å². The molecule has 2 aromatic rings.